The van der Waals surface area contributed by atoms with E-state index >= 15 is 0 Å². The summed E-state index contributed by atoms with van der Waals surface area (Å²) in [6.45, 7) is 4.06. The highest BCUT2D eigenvalue weighted by Crippen LogP contribution is 2.10. The number of rotatable bonds is 8. The van der Waals surface area contributed by atoms with Crippen molar-refractivity contribution in [1.82, 2.24) is 5.32 Å². The molecule has 0 saturated heterocycles. The molecule has 0 spiro atoms. The van der Waals surface area contributed by atoms with Gasteiger partial charge in [-0.3, -0.25) is 0 Å². The van der Waals surface area contributed by atoms with Crippen LogP contribution in [0.4, 0.5) is 5.69 Å². The Hall–Kier alpha value is -1.81. The third-order valence-corrected chi connectivity index (χ3v) is 2.93. The maximum atomic E-state index is 10.6. The molecule has 1 rings (SSSR count). The number of nitrogens with one attached hydrogen (secondary N) is 1. The average Bonchev–Trinajstić information content (AvgIpc) is 2.42. The van der Waals surface area contributed by atoms with Gasteiger partial charge >= 0.3 is 5.97 Å². The lowest BCUT2D eigenvalue weighted by Gasteiger charge is -2.19. The maximum absolute atomic E-state index is 10.6. The first-order valence-corrected chi connectivity index (χ1v) is 6.48. The number of para-hydroxylation sites is 1. The van der Waals surface area contributed by atoms with Crippen LogP contribution in [0, 0.1) is 0 Å². The van der Waals surface area contributed by atoms with E-state index in [0.717, 1.165) is 19.5 Å². The average molecular weight is 262 g/mol. The van der Waals surface area contributed by atoms with Crippen LogP contribution in [0.5, 0.6) is 0 Å². The highest BCUT2D eigenvalue weighted by atomic mass is 16.4. The summed E-state index contributed by atoms with van der Waals surface area (Å²) in [6, 6.07) is 10.3. The van der Waals surface area contributed by atoms with Crippen LogP contribution in [-0.4, -0.2) is 37.8 Å². The summed E-state index contributed by atoms with van der Waals surface area (Å²) in [5.41, 5.74) is 1.60. The molecule has 0 aliphatic heterocycles. The Labute approximate surface area is 114 Å². The Morgan fingerprint density at radius 1 is 1.37 bits per heavy atom. The van der Waals surface area contributed by atoms with E-state index in [1.165, 1.54) is 5.69 Å². The van der Waals surface area contributed by atoms with Crippen LogP contribution in [0.3, 0.4) is 0 Å². The molecule has 0 radical (unpaired) electrons. The summed E-state index contributed by atoms with van der Waals surface area (Å²) in [7, 11) is 2.07. The zero-order valence-corrected chi connectivity index (χ0v) is 11.6. The molecule has 1 aromatic carbocycles. The summed E-state index contributed by atoms with van der Waals surface area (Å²) in [5, 5.41) is 11.9. The molecule has 0 aromatic heterocycles. The summed E-state index contributed by atoms with van der Waals surface area (Å²) in [5.74, 6) is -0.856. The van der Waals surface area contributed by atoms with E-state index < -0.39 is 5.97 Å². The van der Waals surface area contributed by atoms with Gasteiger partial charge in [0.2, 0.25) is 0 Å². The monoisotopic (exact) mass is 262 g/mol. The predicted molar refractivity (Wildman–Crippen MR) is 78.6 cm³/mol. The lowest BCUT2D eigenvalue weighted by Crippen LogP contribution is -2.24. The minimum Gasteiger partial charge on any atom is -0.478 e. The number of nitrogens with zero attached hydrogens (tertiary/aromatic N) is 1. The van der Waals surface area contributed by atoms with E-state index in [9.17, 15) is 4.79 Å². The molecule has 4 nitrogen and oxygen atoms in total. The summed E-state index contributed by atoms with van der Waals surface area (Å²) in [4.78, 5) is 12.8. The highest BCUT2D eigenvalue weighted by molar-refractivity contribution is 5.85. The van der Waals surface area contributed by atoms with Gasteiger partial charge in [0.05, 0.1) is 0 Å². The fourth-order valence-electron chi connectivity index (χ4n) is 1.67. The maximum Gasteiger partial charge on any atom is 0.330 e. The Morgan fingerprint density at radius 2 is 2.05 bits per heavy atom. The van der Waals surface area contributed by atoms with Crippen molar-refractivity contribution in [2.24, 2.45) is 0 Å². The molecule has 2 N–H and O–H groups in total. The first kappa shape index (κ1) is 15.2. The van der Waals surface area contributed by atoms with Crippen LogP contribution in [0.15, 0.2) is 42.0 Å². The second-order valence-electron chi connectivity index (χ2n) is 4.51. The van der Waals surface area contributed by atoms with Gasteiger partial charge in [-0.25, -0.2) is 4.79 Å². The topological polar surface area (TPSA) is 52.6 Å². The van der Waals surface area contributed by atoms with Crippen LogP contribution >= 0.6 is 0 Å². The number of hydrogen-bond acceptors (Lipinski definition) is 3. The summed E-state index contributed by atoms with van der Waals surface area (Å²) in [6.07, 6.45) is 2.72. The van der Waals surface area contributed by atoms with Crippen molar-refractivity contribution in [3.05, 3.63) is 42.0 Å². The molecular weight excluding hydrogens is 240 g/mol. The van der Waals surface area contributed by atoms with E-state index in [-0.39, 0.29) is 0 Å². The molecule has 0 fully saturated rings. The number of hydrogen-bond donors (Lipinski definition) is 2. The smallest absolute Gasteiger partial charge is 0.330 e. The second kappa shape index (κ2) is 8.32. The largest absolute Gasteiger partial charge is 0.478 e. The Balaban J connectivity index is 2.15. The van der Waals surface area contributed by atoms with Gasteiger partial charge in [0.25, 0.3) is 0 Å². The molecule has 0 aliphatic rings. The quantitative estimate of drug-likeness (QED) is 0.556. The third-order valence-electron chi connectivity index (χ3n) is 2.93. The number of aliphatic carboxylic acids is 1. The molecule has 0 heterocycles. The van der Waals surface area contributed by atoms with Crippen molar-refractivity contribution in [3.63, 3.8) is 0 Å². The van der Waals surface area contributed by atoms with Gasteiger partial charge in [-0.15, -0.1) is 0 Å². The molecule has 0 aliphatic carbocycles. The zero-order valence-electron chi connectivity index (χ0n) is 11.6. The van der Waals surface area contributed by atoms with Gasteiger partial charge in [0.1, 0.15) is 0 Å². The molecule has 0 saturated carbocycles. The molecule has 19 heavy (non-hydrogen) atoms. The van der Waals surface area contributed by atoms with Gasteiger partial charge < -0.3 is 15.3 Å². The summed E-state index contributed by atoms with van der Waals surface area (Å²) < 4.78 is 0. The van der Waals surface area contributed by atoms with Crippen molar-refractivity contribution < 1.29 is 9.90 Å². The fourth-order valence-corrected chi connectivity index (χ4v) is 1.67. The van der Waals surface area contributed by atoms with E-state index in [2.05, 4.69) is 29.4 Å². The lowest BCUT2D eigenvalue weighted by atomic mass is 10.2. The van der Waals surface area contributed by atoms with Crippen molar-refractivity contribution in [3.8, 4) is 0 Å². The predicted octanol–water partition coefficient (Wildman–Crippen LogP) is 2.13. The molecule has 104 valence electrons. The SMILES string of the molecule is C/C(=C/CNCCCN(C)c1ccccc1)C(=O)O. The van der Waals surface area contributed by atoms with Gasteiger partial charge in [-0.2, -0.15) is 0 Å². The number of carbonyl (C=O) groups is 1. The normalized spacial score (nSPS) is 11.4. The molecule has 4 heteroatoms. The Kier molecular flexibility index (Phi) is 6.68. The van der Waals surface area contributed by atoms with E-state index in [4.69, 9.17) is 5.11 Å². The van der Waals surface area contributed by atoms with E-state index in [0.29, 0.717) is 12.1 Å². The molecule has 0 bridgehead atoms. The van der Waals surface area contributed by atoms with Gasteiger partial charge in [0.15, 0.2) is 0 Å². The first-order chi connectivity index (χ1) is 9.11. The van der Waals surface area contributed by atoms with Crippen LogP contribution in [-0.2, 0) is 4.79 Å². The van der Waals surface area contributed by atoms with Crippen molar-refractivity contribution in [2.75, 3.05) is 31.6 Å². The number of anilines is 1. The third kappa shape index (κ3) is 6.06. The van der Waals surface area contributed by atoms with Crippen LogP contribution in [0.25, 0.3) is 0 Å². The van der Waals surface area contributed by atoms with Gasteiger partial charge in [-0.05, 0) is 32.0 Å². The lowest BCUT2D eigenvalue weighted by molar-refractivity contribution is -0.132. The second-order valence-corrected chi connectivity index (χ2v) is 4.51. The van der Waals surface area contributed by atoms with Crippen molar-refractivity contribution >= 4 is 11.7 Å². The van der Waals surface area contributed by atoms with Gasteiger partial charge in [-0.1, -0.05) is 24.3 Å². The van der Waals surface area contributed by atoms with Crippen LogP contribution in [0.1, 0.15) is 13.3 Å². The van der Waals surface area contributed by atoms with Crippen molar-refractivity contribution in [2.45, 2.75) is 13.3 Å². The molecule has 0 atom stereocenters. The minimum atomic E-state index is -0.856. The number of benzene rings is 1. The minimum absolute atomic E-state index is 0.383. The van der Waals surface area contributed by atoms with Crippen LogP contribution < -0.4 is 10.2 Å². The molecular formula is C15H22N2O2. The Bertz CT molecular complexity index is 415. The zero-order chi connectivity index (χ0) is 14.1. The number of carboxylic acids is 1. The van der Waals surface area contributed by atoms with Gasteiger partial charge in [0, 0.05) is 31.4 Å². The van der Waals surface area contributed by atoms with Crippen LogP contribution in [0.2, 0.25) is 0 Å². The van der Waals surface area contributed by atoms with E-state index in [1.54, 1.807) is 13.0 Å². The highest BCUT2D eigenvalue weighted by Gasteiger charge is 1.99. The summed E-state index contributed by atoms with van der Waals surface area (Å²) >= 11 is 0. The number of carboxylic acid groups (broad SMARTS) is 1. The van der Waals surface area contributed by atoms with Crippen molar-refractivity contribution in [1.29, 1.82) is 0 Å². The molecule has 0 amide bonds. The Morgan fingerprint density at radius 3 is 2.68 bits per heavy atom. The molecule has 0 unspecified atom stereocenters. The fraction of sp³-hybridized carbons (Fsp3) is 0.400. The van der Waals surface area contributed by atoms with E-state index in [1.807, 2.05) is 18.2 Å². The first-order valence-electron chi connectivity index (χ1n) is 6.48. The molecule has 1 aromatic rings. The standard InChI is InChI=1S/C15H22N2O2/c1-13(15(18)19)9-11-16-10-6-12-17(2)14-7-4-3-5-8-14/h3-5,7-9,16H,6,10-12H2,1-2H3,(H,18,19)/b13-9-.